The number of rotatable bonds is 5. The van der Waals surface area contributed by atoms with E-state index < -0.39 is 6.04 Å². The van der Waals surface area contributed by atoms with Crippen molar-refractivity contribution >= 4 is 29.0 Å². The molecule has 2 N–H and O–H groups in total. The van der Waals surface area contributed by atoms with Gasteiger partial charge in [0.15, 0.2) is 0 Å². The van der Waals surface area contributed by atoms with Crippen LogP contribution in [0.5, 0.6) is 0 Å². The van der Waals surface area contributed by atoms with Crippen LogP contribution >= 0.6 is 0 Å². The van der Waals surface area contributed by atoms with E-state index in [1.807, 2.05) is 0 Å². The monoisotopic (exact) mass is 394 g/mol. The van der Waals surface area contributed by atoms with Crippen molar-refractivity contribution in [2.75, 3.05) is 10.6 Å². The third-order valence-electron chi connectivity index (χ3n) is 6.12. The van der Waals surface area contributed by atoms with Crippen molar-refractivity contribution in [1.29, 1.82) is 0 Å². The third kappa shape index (κ3) is 4.23. The average molecular weight is 394 g/mol. The topological polar surface area (TPSA) is 93.1 Å². The molecular weight excluding hydrogens is 368 g/mol. The van der Waals surface area contributed by atoms with E-state index in [-0.39, 0.29) is 29.6 Å². The van der Waals surface area contributed by atoms with E-state index >= 15 is 0 Å². The summed E-state index contributed by atoms with van der Waals surface area (Å²) >= 11 is 0. The minimum atomic E-state index is -0.442. The van der Waals surface area contributed by atoms with Crippen molar-refractivity contribution in [1.82, 2.24) is 9.78 Å². The molecule has 0 spiro atoms. The molecule has 2 saturated carbocycles. The Kier molecular flexibility index (Phi) is 5.47. The highest BCUT2D eigenvalue weighted by atomic mass is 16.2. The van der Waals surface area contributed by atoms with Gasteiger partial charge in [-0.25, -0.2) is 0 Å². The van der Waals surface area contributed by atoms with Crippen LogP contribution in [0.3, 0.4) is 0 Å². The minimum Gasteiger partial charge on any atom is -0.326 e. The number of fused-ring (bicyclic) bond motifs is 2. The first-order valence-electron chi connectivity index (χ1n) is 10.3. The van der Waals surface area contributed by atoms with Gasteiger partial charge in [0.25, 0.3) is 0 Å². The van der Waals surface area contributed by atoms with Crippen LogP contribution in [-0.4, -0.2) is 27.4 Å². The lowest BCUT2D eigenvalue weighted by molar-refractivity contribution is -0.136. The Bertz CT molecular complexity index is 893. The number of nitrogens with zero attached hydrogens (tertiary/aromatic N) is 2. The Labute approximate surface area is 169 Å². The van der Waals surface area contributed by atoms with Crippen LogP contribution < -0.4 is 10.6 Å². The SMILES string of the molecule is CC(C(=O)Nc1cccc(NC(=O)C2CC3CCCC(C2)C3=O)c1)n1cccn1. The number of carbonyl (C=O) groups excluding carboxylic acids is 3. The third-order valence-corrected chi connectivity index (χ3v) is 6.12. The van der Waals surface area contributed by atoms with E-state index in [9.17, 15) is 14.4 Å². The Morgan fingerprint density at radius 2 is 1.79 bits per heavy atom. The van der Waals surface area contributed by atoms with Gasteiger partial charge < -0.3 is 10.6 Å². The van der Waals surface area contributed by atoms with Crippen LogP contribution in [0, 0.1) is 17.8 Å². The number of carbonyl (C=O) groups is 3. The van der Waals surface area contributed by atoms with E-state index in [1.165, 1.54) is 0 Å². The molecule has 7 heteroatoms. The van der Waals surface area contributed by atoms with E-state index in [0.717, 1.165) is 19.3 Å². The Morgan fingerprint density at radius 1 is 1.10 bits per heavy atom. The second kappa shape index (κ2) is 8.19. The highest BCUT2D eigenvalue weighted by molar-refractivity contribution is 5.97. The molecule has 29 heavy (non-hydrogen) atoms. The first-order chi connectivity index (χ1) is 14.0. The van der Waals surface area contributed by atoms with Gasteiger partial charge in [-0.1, -0.05) is 12.5 Å². The molecule has 2 aliphatic rings. The molecule has 1 aromatic heterocycles. The maximum atomic E-state index is 12.8. The van der Waals surface area contributed by atoms with Gasteiger partial charge in [-0.05, 0) is 56.9 Å². The fraction of sp³-hybridized carbons (Fsp3) is 0.455. The van der Waals surface area contributed by atoms with Crippen LogP contribution in [-0.2, 0) is 14.4 Å². The van der Waals surface area contributed by atoms with Gasteiger partial charge in [0.1, 0.15) is 11.8 Å². The Balaban J connectivity index is 1.38. The van der Waals surface area contributed by atoms with Crippen LogP contribution in [0.4, 0.5) is 11.4 Å². The van der Waals surface area contributed by atoms with Gasteiger partial charge in [-0.3, -0.25) is 19.1 Å². The highest BCUT2D eigenvalue weighted by Gasteiger charge is 2.41. The van der Waals surface area contributed by atoms with Crippen LogP contribution in [0.1, 0.15) is 45.1 Å². The first-order valence-corrected chi connectivity index (χ1v) is 10.3. The molecule has 0 aliphatic heterocycles. The predicted octanol–water partition coefficient (Wildman–Crippen LogP) is 3.42. The van der Waals surface area contributed by atoms with Gasteiger partial charge in [-0.15, -0.1) is 0 Å². The molecule has 2 bridgehead atoms. The fourth-order valence-corrected chi connectivity index (χ4v) is 4.49. The van der Waals surface area contributed by atoms with E-state index in [4.69, 9.17) is 0 Å². The second-order valence-electron chi connectivity index (χ2n) is 8.12. The molecule has 0 radical (unpaired) electrons. The van der Waals surface area contributed by atoms with Gasteiger partial charge in [-0.2, -0.15) is 5.10 Å². The van der Waals surface area contributed by atoms with Crippen molar-refractivity contribution in [3.05, 3.63) is 42.7 Å². The van der Waals surface area contributed by atoms with Gasteiger partial charge in [0, 0.05) is 41.5 Å². The number of benzene rings is 1. The summed E-state index contributed by atoms with van der Waals surface area (Å²) in [5.41, 5.74) is 1.25. The van der Waals surface area contributed by atoms with Gasteiger partial charge in [0.05, 0.1) is 0 Å². The molecule has 1 heterocycles. The fourth-order valence-electron chi connectivity index (χ4n) is 4.49. The molecule has 1 aromatic carbocycles. The maximum Gasteiger partial charge on any atom is 0.248 e. The zero-order valence-corrected chi connectivity index (χ0v) is 16.5. The van der Waals surface area contributed by atoms with Crippen molar-refractivity contribution in [2.24, 2.45) is 17.8 Å². The number of Topliss-reactive ketones (excluding diaryl/α,β-unsaturated/α-hetero) is 1. The van der Waals surface area contributed by atoms with Crippen molar-refractivity contribution < 1.29 is 14.4 Å². The maximum absolute atomic E-state index is 12.8. The molecule has 4 rings (SSSR count). The highest BCUT2D eigenvalue weighted by Crippen LogP contribution is 2.40. The summed E-state index contributed by atoms with van der Waals surface area (Å²) in [6.07, 6.45) is 7.59. The molecule has 2 aliphatic carbocycles. The summed E-state index contributed by atoms with van der Waals surface area (Å²) in [6.45, 7) is 1.77. The zero-order valence-electron chi connectivity index (χ0n) is 16.5. The van der Waals surface area contributed by atoms with E-state index in [2.05, 4.69) is 15.7 Å². The van der Waals surface area contributed by atoms with Crippen molar-refractivity contribution in [3.8, 4) is 0 Å². The molecule has 2 amide bonds. The smallest absolute Gasteiger partial charge is 0.248 e. The van der Waals surface area contributed by atoms with E-state index in [1.54, 1.807) is 54.3 Å². The summed E-state index contributed by atoms with van der Waals surface area (Å²) < 4.78 is 1.59. The molecular formula is C22H26N4O3. The number of hydrogen-bond donors (Lipinski definition) is 2. The number of nitrogens with one attached hydrogen (secondary N) is 2. The summed E-state index contributed by atoms with van der Waals surface area (Å²) in [6, 6.07) is 8.46. The largest absolute Gasteiger partial charge is 0.326 e. The van der Waals surface area contributed by atoms with E-state index in [0.29, 0.717) is 30.0 Å². The molecule has 7 nitrogen and oxygen atoms in total. The predicted molar refractivity (Wildman–Crippen MR) is 109 cm³/mol. The summed E-state index contributed by atoms with van der Waals surface area (Å²) in [5, 5.41) is 9.92. The summed E-state index contributed by atoms with van der Waals surface area (Å²) in [4.78, 5) is 37.5. The molecule has 152 valence electrons. The van der Waals surface area contributed by atoms with Crippen molar-refractivity contribution in [2.45, 2.75) is 45.1 Å². The lowest BCUT2D eigenvalue weighted by atomic mass is 9.67. The van der Waals surface area contributed by atoms with Gasteiger partial charge in [0.2, 0.25) is 11.8 Å². The lowest BCUT2D eigenvalue weighted by Crippen LogP contribution is -2.40. The molecule has 3 unspecified atom stereocenters. The lowest BCUT2D eigenvalue weighted by Gasteiger charge is -2.36. The van der Waals surface area contributed by atoms with Gasteiger partial charge >= 0.3 is 0 Å². The molecule has 2 fully saturated rings. The normalized spacial score (nSPS) is 24.6. The molecule has 3 atom stereocenters. The Hall–Kier alpha value is -2.96. The molecule has 2 aromatic rings. The number of amides is 2. The van der Waals surface area contributed by atoms with Crippen LogP contribution in [0.25, 0.3) is 0 Å². The standard InChI is InChI=1S/C22H26N4O3/c1-14(26-10-4-9-23-26)21(28)24-18-7-3-8-19(13-18)25-22(29)17-11-15-5-2-6-16(12-17)20(15)27/h3-4,7-10,13-17H,2,5-6,11-12H2,1H3,(H,24,28)(H,25,29). The number of hydrogen-bond acceptors (Lipinski definition) is 4. The van der Waals surface area contributed by atoms with Crippen LogP contribution in [0.15, 0.2) is 42.7 Å². The van der Waals surface area contributed by atoms with Crippen LogP contribution in [0.2, 0.25) is 0 Å². The number of aromatic nitrogens is 2. The minimum absolute atomic E-state index is 0.0391. The Morgan fingerprint density at radius 3 is 2.45 bits per heavy atom. The average Bonchev–Trinajstić information content (AvgIpc) is 3.22. The molecule has 0 saturated heterocycles. The summed E-state index contributed by atoms with van der Waals surface area (Å²) in [7, 11) is 0. The van der Waals surface area contributed by atoms with Crippen molar-refractivity contribution in [3.63, 3.8) is 0 Å². The quantitative estimate of drug-likeness (QED) is 0.813. The zero-order chi connectivity index (χ0) is 20.4. The first kappa shape index (κ1) is 19.4. The summed E-state index contributed by atoms with van der Waals surface area (Å²) in [5.74, 6) is 0.108. The number of anilines is 2. The number of ketones is 1. The second-order valence-corrected chi connectivity index (χ2v) is 8.12.